The average molecular weight is 346 g/mol. The van der Waals surface area contributed by atoms with E-state index in [4.69, 9.17) is 47.0 Å². The van der Waals surface area contributed by atoms with Crippen molar-refractivity contribution >= 4 is 63.5 Å². The van der Waals surface area contributed by atoms with Crippen LogP contribution in [0.1, 0.15) is 5.56 Å². The number of aryl methyl sites for hydroxylation is 1. The fraction of sp³-hybridized carbons (Fsp3) is 0.0714. The molecule has 0 saturated heterocycles. The van der Waals surface area contributed by atoms with Gasteiger partial charge >= 0.3 is 0 Å². The minimum Gasteiger partial charge on any atom is -0.332 e. The van der Waals surface area contributed by atoms with Gasteiger partial charge in [0, 0.05) is 26.4 Å². The van der Waals surface area contributed by atoms with Gasteiger partial charge in [-0.1, -0.05) is 40.9 Å². The largest absolute Gasteiger partial charge is 0.332 e. The van der Waals surface area contributed by atoms with E-state index in [1.807, 2.05) is 25.1 Å². The fourth-order valence-corrected chi connectivity index (χ4v) is 2.53. The van der Waals surface area contributed by atoms with Gasteiger partial charge in [0.2, 0.25) is 0 Å². The maximum absolute atomic E-state index is 6.06. The quantitative estimate of drug-likeness (QED) is 0.676. The molecule has 6 heteroatoms. The van der Waals surface area contributed by atoms with Crippen LogP contribution in [0, 0.1) is 6.92 Å². The number of benzene rings is 2. The third-order valence-corrected chi connectivity index (χ3v) is 3.60. The highest BCUT2D eigenvalue weighted by Crippen LogP contribution is 2.23. The smallest absolute Gasteiger partial charge is 0.175 e. The lowest BCUT2D eigenvalue weighted by Crippen LogP contribution is -2.19. The van der Waals surface area contributed by atoms with Crippen molar-refractivity contribution in [2.45, 2.75) is 6.92 Å². The van der Waals surface area contributed by atoms with Gasteiger partial charge in [-0.2, -0.15) is 0 Å². The summed E-state index contributed by atoms with van der Waals surface area (Å²) in [7, 11) is 0. The molecule has 2 N–H and O–H groups in total. The summed E-state index contributed by atoms with van der Waals surface area (Å²) < 4.78 is 0. The molecule has 2 aromatic carbocycles. The standard InChI is InChI=1S/C14H11Cl3N2S/c1-8-2-3-11(7-13(8)17)18-14(20)19-12-5-9(15)4-10(16)6-12/h2-7H,1H3,(H2,18,19,20). The Balaban J connectivity index is 2.06. The molecule has 2 rings (SSSR count). The number of halogens is 3. The molecule has 0 radical (unpaired) electrons. The number of hydrogen-bond acceptors (Lipinski definition) is 1. The topological polar surface area (TPSA) is 24.1 Å². The summed E-state index contributed by atoms with van der Waals surface area (Å²) in [6.45, 7) is 1.94. The van der Waals surface area contributed by atoms with Crippen molar-refractivity contribution in [2.24, 2.45) is 0 Å². The lowest BCUT2D eigenvalue weighted by molar-refractivity contribution is 1.46. The molecular formula is C14H11Cl3N2S. The highest BCUT2D eigenvalue weighted by Gasteiger charge is 2.03. The first kappa shape index (κ1) is 15.4. The molecule has 104 valence electrons. The Bertz CT molecular complexity index is 639. The Morgan fingerprint density at radius 3 is 2.10 bits per heavy atom. The molecule has 0 bridgehead atoms. The van der Waals surface area contributed by atoms with E-state index >= 15 is 0 Å². The van der Waals surface area contributed by atoms with Gasteiger partial charge in [-0.15, -0.1) is 0 Å². The van der Waals surface area contributed by atoms with Gasteiger partial charge in [-0.3, -0.25) is 0 Å². The Morgan fingerprint density at radius 2 is 1.50 bits per heavy atom. The molecule has 0 aliphatic rings. The third kappa shape index (κ3) is 4.25. The summed E-state index contributed by atoms with van der Waals surface area (Å²) in [4.78, 5) is 0. The van der Waals surface area contributed by atoms with E-state index < -0.39 is 0 Å². The predicted octanol–water partition coefficient (Wildman–Crippen LogP) is 5.76. The van der Waals surface area contributed by atoms with Crippen molar-refractivity contribution in [1.29, 1.82) is 0 Å². The van der Waals surface area contributed by atoms with Crippen molar-refractivity contribution in [1.82, 2.24) is 0 Å². The average Bonchev–Trinajstić information content (AvgIpc) is 2.32. The minimum absolute atomic E-state index is 0.434. The molecule has 0 aliphatic heterocycles. The lowest BCUT2D eigenvalue weighted by Gasteiger charge is -2.12. The number of nitrogens with one attached hydrogen (secondary N) is 2. The number of anilines is 2. The van der Waals surface area contributed by atoms with E-state index in [1.54, 1.807) is 18.2 Å². The first-order valence-electron chi connectivity index (χ1n) is 5.74. The normalized spacial score (nSPS) is 10.2. The van der Waals surface area contributed by atoms with Gasteiger partial charge in [0.15, 0.2) is 5.11 Å². The predicted molar refractivity (Wildman–Crippen MR) is 92.5 cm³/mol. The SMILES string of the molecule is Cc1ccc(NC(=S)Nc2cc(Cl)cc(Cl)c2)cc1Cl. The monoisotopic (exact) mass is 344 g/mol. The van der Waals surface area contributed by atoms with Gasteiger partial charge in [-0.25, -0.2) is 0 Å². The van der Waals surface area contributed by atoms with Gasteiger partial charge in [0.05, 0.1) is 0 Å². The van der Waals surface area contributed by atoms with Gasteiger partial charge < -0.3 is 10.6 Å². The number of rotatable bonds is 2. The first-order valence-corrected chi connectivity index (χ1v) is 7.28. The molecule has 0 aliphatic carbocycles. The molecule has 0 heterocycles. The van der Waals surface area contributed by atoms with Crippen LogP contribution in [0.5, 0.6) is 0 Å². The van der Waals surface area contributed by atoms with E-state index in [-0.39, 0.29) is 0 Å². The van der Waals surface area contributed by atoms with Gasteiger partial charge in [-0.05, 0) is 55.0 Å². The van der Waals surface area contributed by atoms with Crippen LogP contribution >= 0.6 is 47.0 Å². The van der Waals surface area contributed by atoms with E-state index in [0.29, 0.717) is 20.2 Å². The highest BCUT2D eigenvalue weighted by molar-refractivity contribution is 7.80. The van der Waals surface area contributed by atoms with E-state index in [1.165, 1.54) is 0 Å². The van der Waals surface area contributed by atoms with E-state index in [9.17, 15) is 0 Å². The molecule has 0 spiro atoms. The van der Waals surface area contributed by atoms with Crippen LogP contribution in [0.2, 0.25) is 15.1 Å². The zero-order valence-electron chi connectivity index (χ0n) is 10.5. The van der Waals surface area contributed by atoms with Crippen molar-refractivity contribution in [2.75, 3.05) is 10.6 Å². The summed E-state index contributed by atoms with van der Waals surface area (Å²) >= 11 is 23.1. The van der Waals surface area contributed by atoms with Gasteiger partial charge in [0.1, 0.15) is 0 Å². The first-order chi connectivity index (χ1) is 9.44. The zero-order valence-corrected chi connectivity index (χ0v) is 13.6. The Kier molecular flexibility index (Phi) is 5.11. The second kappa shape index (κ2) is 6.64. The molecule has 2 aromatic rings. The Labute approximate surface area is 138 Å². The fourth-order valence-electron chi connectivity index (χ4n) is 1.59. The van der Waals surface area contributed by atoms with Gasteiger partial charge in [0.25, 0.3) is 0 Å². The van der Waals surface area contributed by atoms with Crippen LogP contribution in [0.3, 0.4) is 0 Å². The molecule has 0 amide bonds. The number of hydrogen-bond donors (Lipinski definition) is 2. The Hall–Kier alpha value is -1.000. The zero-order chi connectivity index (χ0) is 14.7. The van der Waals surface area contributed by atoms with Crippen LogP contribution in [-0.2, 0) is 0 Å². The van der Waals surface area contributed by atoms with Crippen LogP contribution in [0.4, 0.5) is 11.4 Å². The molecule has 0 fully saturated rings. The maximum Gasteiger partial charge on any atom is 0.175 e. The van der Waals surface area contributed by atoms with Crippen molar-refractivity contribution < 1.29 is 0 Å². The molecular weight excluding hydrogens is 335 g/mol. The second-order valence-corrected chi connectivity index (χ2v) is 5.89. The summed E-state index contributed by atoms with van der Waals surface area (Å²) in [5.74, 6) is 0. The van der Waals surface area contributed by atoms with Crippen LogP contribution in [0.15, 0.2) is 36.4 Å². The van der Waals surface area contributed by atoms with E-state index in [2.05, 4.69) is 10.6 Å². The summed E-state index contributed by atoms with van der Waals surface area (Å²) in [6, 6.07) is 10.8. The van der Waals surface area contributed by atoms with Crippen molar-refractivity contribution in [3.05, 3.63) is 57.0 Å². The maximum atomic E-state index is 6.06. The second-order valence-electron chi connectivity index (χ2n) is 4.20. The highest BCUT2D eigenvalue weighted by atomic mass is 35.5. The summed E-state index contributed by atoms with van der Waals surface area (Å²) in [6.07, 6.45) is 0. The van der Waals surface area contributed by atoms with Crippen molar-refractivity contribution in [3.8, 4) is 0 Å². The van der Waals surface area contributed by atoms with Crippen molar-refractivity contribution in [3.63, 3.8) is 0 Å². The molecule has 0 atom stereocenters. The summed E-state index contributed by atoms with van der Waals surface area (Å²) in [5.41, 5.74) is 2.54. The van der Waals surface area contributed by atoms with Crippen LogP contribution < -0.4 is 10.6 Å². The molecule has 0 aromatic heterocycles. The van der Waals surface area contributed by atoms with E-state index in [0.717, 1.165) is 16.9 Å². The van der Waals surface area contributed by atoms with Crippen LogP contribution in [0.25, 0.3) is 0 Å². The minimum atomic E-state index is 0.434. The Morgan fingerprint density at radius 1 is 0.900 bits per heavy atom. The lowest BCUT2D eigenvalue weighted by atomic mass is 10.2. The number of thiocarbonyl (C=S) groups is 1. The third-order valence-electron chi connectivity index (χ3n) is 2.55. The summed E-state index contributed by atoms with van der Waals surface area (Å²) in [5, 5.41) is 8.26. The van der Waals surface area contributed by atoms with Crippen LogP contribution in [-0.4, -0.2) is 5.11 Å². The molecule has 20 heavy (non-hydrogen) atoms. The molecule has 0 unspecified atom stereocenters. The molecule has 2 nitrogen and oxygen atoms in total. The molecule has 0 saturated carbocycles.